The van der Waals surface area contributed by atoms with Crippen LogP contribution < -0.4 is 0 Å². The molecule has 6 aromatic carbocycles. The minimum Gasteiger partial charge on any atom is -0.309 e. The minimum absolute atomic E-state index is 0.112. The van der Waals surface area contributed by atoms with Gasteiger partial charge in [0.25, 0.3) is 0 Å². The van der Waals surface area contributed by atoms with Crippen molar-refractivity contribution in [3.05, 3.63) is 158 Å². The molecular weight excluding hydrogens is 548 g/mol. The van der Waals surface area contributed by atoms with E-state index in [1.165, 1.54) is 43.4 Å². The normalized spacial score (nSPS) is 14.6. The second-order valence-electron chi connectivity index (χ2n) is 11.6. The topological polar surface area (TPSA) is 43.6 Å². The van der Waals surface area contributed by atoms with Crippen molar-refractivity contribution >= 4 is 43.4 Å². The third-order valence-corrected chi connectivity index (χ3v) is 8.91. The zero-order chi connectivity index (χ0) is 29.7. The van der Waals surface area contributed by atoms with E-state index in [-0.39, 0.29) is 5.92 Å². The van der Waals surface area contributed by atoms with Crippen LogP contribution in [-0.4, -0.2) is 19.5 Å². The first-order valence-electron chi connectivity index (χ1n) is 15.4. The van der Waals surface area contributed by atoms with Crippen LogP contribution in [-0.2, 0) is 0 Å². The number of rotatable bonds is 4. The van der Waals surface area contributed by atoms with Gasteiger partial charge < -0.3 is 4.57 Å². The number of allylic oxidation sites excluding steroid dienone is 4. The lowest BCUT2D eigenvalue weighted by atomic mass is 10.00. The highest BCUT2D eigenvalue weighted by Gasteiger charge is 2.20. The molecule has 0 saturated heterocycles. The van der Waals surface area contributed by atoms with Crippen LogP contribution in [0, 0.1) is 0 Å². The van der Waals surface area contributed by atoms with Crippen molar-refractivity contribution in [2.75, 3.05) is 0 Å². The van der Waals surface area contributed by atoms with Crippen molar-refractivity contribution in [3.8, 4) is 28.5 Å². The van der Waals surface area contributed by atoms with E-state index in [9.17, 15) is 0 Å². The van der Waals surface area contributed by atoms with E-state index in [0.717, 1.165) is 29.1 Å². The maximum Gasteiger partial charge on any atom is 0.163 e. The first kappa shape index (κ1) is 25.6. The molecule has 0 aliphatic heterocycles. The zero-order valence-corrected chi connectivity index (χ0v) is 24.5. The average molecular weight is 577 g/mol. The Morgan fingerprint density at radius 3 is 1.82 bits per heavy atom. The molecule has 0 fully saturated rings. The van der Waals surface area contributed by atoms with Gasteiger partial charge in [-0.15, -0.1) is 0 Å². The Balaban J connectivity index is 1.29. The summed E-state index contributed by atoms with van der Waals surface area (Å²) >= 11 is 0. The summed E-state index contributed by atoms with van der Waals surface area (Å²) in [5.41, 5.74) is 5.37. The molecule has 8 aromatic rings. The fourth-order valence-corrected chi connectivity index (χ4v) is 6.79. The predicted molar refractivity (Wildman–Crippen MR) is 186 cm³/mol. The number of hydrogen-bond acceptors (Lipinski definition) is 3. The van der Waals surface area contributed by atoms with Gasteiger partial charge in [-0.05, 0) is 52.2 Å². The predicted octanol–water partition coefficient (Wildman–Crippen LogP) is 10.2. The van der Waals surface area contributed by atoms with Crippen LogP contribution in [0.15, 0.2) is 152 Å². The highest BCUT2D eigenvalue weighted by molar-refractivity contribution is 6.28. The van der Waals surface area contributed by atoms with E-state index in [2.05, 4.69) is 138 Å². The van der Waals surface area contributed by atoms with Crippen LogP contribution >= 0.6 is 0 Å². The van der Waals surface area contributed by atoms with Crippen LogP contribution in [0.5, 0.6) is 0 Å². The second-order valence-corrected chi connectivity index (χ2v) is 11.6. The van der Waals surface area contributed by atoms with Gasteiger partial charge in [0.1, 0.15) is 5.82 Å². The van der Waals surface area contributed by atoms with Gasteiger partial charge in [-0.3, -0.25) is 0 Å². The largest absolute Gasteiger partial charge is 0.309 e. The third kappa shape index (κ3) is 4.26. The second kappa shape index (κ2) is 10.4. The summed E-state index contributed by atoms with van der Waals surface area (Å²) < 4.78 is 2.39. The quantitative estimate of drug-likeness (QED) is 0.209. The maximum absolute atomic E-state index is 5.07. The standard InChI is InChI=1S/C41H28N4/c1-3-14-29(15-4-1)39-42-40(30-16-5-2-6-17-30)44-41(43-39)31-18-11-19-32(26-31)45-35-24-22-27-12-7-9-20-33(27)37(35)38-34-21-10-8-13-28(34)23-25-36(38)45/h1-16,18-26,30H,17H2. The van der Waals surface area contributed by atoms with Gasteiger partial charge in [-0.25, -0.2) is 15.0 Å². The number of fused-ring (bicyclic) bond motifs is 7. The number of hydrogen-bond donors (Lipinski definition) is 0. The molecule has 45 heavy (non-hydrogen) atoms. The molecule has 1 aliphatic rings. The summed E-state index contributed by atoms with van der Waals surface area (Å²) in [6.07, 6.45) is 9.38. The first-order chi connectivity index (χ1) is 22.3. The molecule has 1 aliphatic carbocycles. The van der Waals surface area contributed by atoms with Gasteiger partial charge in [-0.1, -0.05) is 127 Å². The van der Waals surface area contributed by atoms with E-state index in [1.807, 2.05) is 18.2 Å². The summed E-state index contributed by atoms with van der Waals surface area (Å²) in [6, 6.07) is 45.2. The molecule has 1 unspecified atom stereocenters. The van der Waals surface area contributed by atoms with Crippen LogP contribution in [0.3, 0.4) is 0 Å². The Labute approximate surface area is 260 Å². The number of benzene rings is 6. The Morgan fingerprint density at radius 2 is 1.16 bits per heavy atom. The molecule has 0 amide bonds. The lowest BCUT2D eigenvalue weighted by molar-refractivity contribution is 0.764. The van der Waals surface area contributed by atoms with Gasteiger partial charge in [0.15, 0.2) is 11.6 Å². The van der Waals surface area contributed by atoms with E-state index in [1.54, 1.807) is 0 Å². The number of aromatic nitrogens is 4. The fourth-order valence-electron chi connectivity index (χ4n) is 6.79. The van der Waals surface area contributed by atoms with Crippen molar-refractivity contribution < 1.29 is 0 Å². The number of nitrogens with zero attached hydrogens (tertiary/aromatic N) is 4. The van der Waals surface area contributed by atoms with E-state index >= 15 is 0 Å². The highest BCUT2D eigenvalue weighted by Crippen LogP contribution is 2.41. The van der Waals surface area contributed by atoms with Gasteiger partial charge in [0.2, 0.25) is 0 Å². The Morgan fingerprint density at radius 1 is 0.533 bits per heavy atom. The van der Waals surface area contributed by atoms with Crippen molar-refractivity contribution in [2.24, 2.45) is 0 Å². The smallest absolute Gasteiger partial charge is 0.163 e. The maximum atomic E-state index is 5.07. The summed E-state index contributed by atoms with van der Waals surface area (Å²) in [6.45, 7) is 0. The summed E-state index contributed by atoms with van der Waals surface area (Å²) in [5.74, 6) is 2.28. The van der Waals surface area contributed by atoms with Gasteiger partial charge in [-0.2, -0.15) is 0 Å². The van der Waals surface area contributed by atoms with Crippen molar-refractivity contribution in [3.63, 3.8) is 0 Å². The van der Waals surface area contributed by atoms with Gasteiger partial charge in [0.05, 0.1) is 11.0 Å². The molecular formula is C41H28N4. The van der Waals surface area contributed by atoms with Crippen molar-refractivity contribution in [1.82, 2.24) is 19.5 Å². The zero-order valence-electron chi connectivity index (χ0n) is 24.5. The van der Waals surface area contributed by atoms with E-state index in [4.69, 9.17) is 15.0 Å². The molecule has 0 N–H and O–H groups in total. The lowest BCUT2D eigenvalue weighted by Gasteiger charge is -2.15. The summed E-state index contributed by atoms with van der Waals surface area (Å²) in [5, 5.41) is 7.55. The highest BCUT2D eigenvalue weighted by atomic mass is 15.0. The SMILES string of the molecule is C1=CCC(c2nc(-c3ccccc3)nc(-c3cccc(-n4c5ccc6ccccc6c5c5c6ccccc6ccc54)c3)n2)C=C1. The molecule has 0 radical (unpaired) electrons. The molecule has 0 saturated carbocycles. The molecule has 2 heterocycles. The van der Waals surface area contributed by atoms with Gasteiger partial charge >= 0.3 is 0 Å². The van der Waals surface area contributed by atoms with Crippen LogP contribution in [0.4, 0.5) is 0 Å². The molecule has 2 aromatic heterocycles. The Bertz CT molecular complexity index is 2380. The monoisotopic (exact) mass is 576 g/mol. The molecule has 9 rings (SSSR count). The fraction of sp³-hybridized carbons (Fsp3) is 0.0488. The molecule has 0 bridgehead atoms. The summed E-state index contributed by atoms with van der Waals surface area (Å²) in [4.78, 5) is 15.0. The molecule has 4 heteroatoms. The first-order valence-corrected chi connectivity index (χ1v) is 15.4. The minimum atomic E-state index is 0.112. The molecule has 0 spiro atoms. The summed E-state index contributed by atoms with van der Waals surface area (Å²) in [7, 11) is 0. The van der Waals surface area contributed by atoms with Crippen molar-refractivity contribution in [2.45, 2.75) is 12.3 Å². The van der Waals surface area contributed by atoms with E-state index in [0.29, 0.717) is 11.6 Å². The van der Waals surface area contributed by atoms with E-state index < -0.39 is 0 Å². The van der Waals surface area contributed by atoms with Crippen LogP contribution in [0.25, 0.3) is 71.8 Å². The average Bonchev–Trinajstić information content (AvgIpc) is 3.48. The third-order valence-electron chi connectivity index (χ3n) is 8.91. The van der Waals surface area contributed by atoms with Crippen LogP contribution in [0.1, 0.15) is 18.2 Å². The molecule has 1 atom stereocenters. The van der Waals surface area contributed by atoms with Crippen LogP contribution in [0.2, 0.25) is 0 Å². The van der Waals surface area contributed by atoms with Gasteiger partial charge in [0, 0.05) is 33.5 Å². The molecule has 4 nitrogen and oxygen atoms in total. The Kier molecular flexibility index (Phi) is 5.91. The lowest BCUT2D eigenvalue weighted by Crippen LogP contribution is -2.08. The molecule has 212 valence electrons. The van der Waals surface area contributed by atoms with Crippen molar-refractivity contribution in [1.29, 1.82) is 0 Å². The Hall–Kier alpha value is -5.87.